The number of halogens is 1. The van der Waals surface area contributed by atoms with Crippen molar-refractivity contribution < 1.29 is 0 Å². The molecule has 0 unspecified atom stereocenters. The zero-order valence-corrected chi connectivity index (χ0v) is 10.3. The lowest BCUT2D eigenvalue weighted by Gasteiger charge is -2.07. The monoisotopic (exact) mass is 255 g/mol. The third-order valence-electron chi connectivity index (χ3n) is 2.44. The number of benzene rings is 1. The average Bonchev–Trinajstić information content (AvgIpc) is 2.16. The van der Waals surface area contributed by atoms with E-state index < -0.39 is 0 Å². The van der Waals surface area contributed by atoms with Crippen LogP contribution in [0.25, 0.3) is 0 Å². The van der Waals surface area contributed by atoms with E-state index in [0.29, 0.717) is 0 Å². The van der Waals surface area contributed by atoms with Crippen LogP contribution >= 0.6 is 15.9 Å². The van der Waals surface area contributed by atoms with Crippen molar-refractivity contribution in [2.45, 2.75) is 39.0 Å². The Balaban J connectivity index is 2.49. The Labute approximate surface area is 94.8 Å². The van der Waals surface area contributed by atoms with Crippen molar-refractivity contribution in [1.29, 1.82) is 0 Å². The summed E-state index contributed by atoms with van der Waals surface area (Å²) in [4.78, 5) is 0. The van der Waals surface area contributed by atoms with E-state index in [2.05, 4.69) is 28.9 Å². The van der Waals surface area contributed by atoms with Crippen LogP contribution in [0.4, 0.5) is 5.69 Å². The minimum atomic E-state index is 0.913. The van der Waals surface area contributed by atoms with Crippen molar-refractivity contribution in [1.82, 2.24) is 0 Å². The second kappa shape index (κ2) is 6.07. The van der Waals surface area contributed by atoms with E-state index in [9.17, 15) is 0 Å². The number of nitrogen functional groups attached to an aromatic ring is 1. The number of nitrogens with two attached hydrogens (primary N) is 1. The van der Waals surface area contributed by atoms with Crippen LogP contribution in [0.5, 0.6) is 0 Å². The molecule has 0 aliphatic carbocycles. The summed E-state index contributed by atoms with van der Waals surface area (Å²) in [5, 5.41) is 0. The van der Waals surface area contributed by atoms with Gasteiger partial charge in [0.25, 0.3) is 0 Å². The Morgan fingerprint density at radius 3 is 2.64 bits per heavy atom. The summed E-state index contributed by atoms with van der Waals surface area (Å²) >= 11 is 3.54. The van der Waals surface area contributed by atoms with Crippen molar-refractivity contribution in [2.24, 2.45) is 0 Å². The molecule has 0 spiro atoms. The molecule has 0 atom stereocenters. The van der Waals surface area contributed by atoms with Crippen LogP contribution in [0, 0.1) is 0 Å². The second-order valence-electron chi connectivity index (χ2n) is 3.62. The van der Waals surface area contributed by atoms with Gasteiger partial charge in [-0.15, -0.1) is 0 Å². The molecule has 2 N–H and O–H groups in total. The van der Waals surface area contributed by atoms with E-state index in [4.69, 9.17) is 5.73 Å². The molecule has 0 heterocycles. The molecule has 0 aromatic heterocycles. The van der Waals surface area contributed by atoms with Crippen LogP contribution in [-0.4, -0.2) is 0 Å². The summed E-state index contributed by atoms with van der Waals surface area (Å²) in [5.74, 6) is 0. The molecule has 0 bridgehead atoms. The number of anilines is 1. The Kier molecular flexibility index (Phi) is 5.02. The van der Waals surface area contributed by atoms with Crippen LogP contribution in [-0.2, 0) is 6.42 Å². The number of unbranched alkanes of at least 4 members (excludes halogenated alkanes) is 3. The third kappa shape index (κ3) is 3.33. The van der Waals surface area contributed by atoms with Gasteiger partial charge in [0.1, 0.15) is 0 Å². The zero-order chi connectivity index (χ0) is 10.4. The molecular formula is C12H18BrN. The SMILES string of the molecule is CCCCCCc1c(N)cccc1Br. The van der Waals surface area contributed by atoms with Crippen molar-refractivity contribution in [3.8, 4) is 0 Å². The van der Waals surface area contributed by atoms with Gasteiger partial charge in [0.05, 0.1) is 0 Å². The highest BCUT2D eigenvalue weighted by Gasteiger charge is 2.02. The van der Waals surface area contributed by atoms with Crippen LogP contribution in [0.2, 0.25) is 0 Å². The van der Waals surface area contributed by atoms with Gasteiger partial charge in [0.15, 0.2) is 0 Å². The van der Waals surface area contributed by atoms with E-state index in [1.807, 2.05) is 12.1 Å². The molecule has 0 aliphatic heterocycles. The predicted octanol–water partition coefficient (Wildman–Crippen LogP) is 4.15. The maximum atomic E-state index is 5.91. The number of rotatable bonds is 5. The Morgan fingerprint density at radius 2 is 2.00 bits per heavy atom. The summed E-state index contributed by atoms with van der Waals surface area (Å²) < 4.78 is 1.15. The highest BCUT2D eigenvalue weighted by molar-refractivity contribution is 9.10. The van der Waals surface area contributed by atoms with Gasteiger partial charge in [-0.25, -0.2) is 0 Å². The van der Waals surface area contributed by atoms with Crippen molar-refractivity contribution in [2.75, 3.05) is 5.73 Å². The molecule has 1 aromatic rings. The van der Waals surface area contributed by atoms with Crippen molar-refractivity contribution >= 4 is 21.6 Å². The van der Waals surface area contributed by atoms with E-state index >= 15 is 0 Å². The normalized spacial score (nSPS) is 10.4. The maximum absolute atomic E-state index is 5.91. The lowest BCUT2D eigenvalue weighted by molar-refractivity contribution is 0.666. The first-order valence-corrected chi connectivity index (χ1v) is 6.08. The van der Waals surface area contributed by atoms with Crippen LogP contribution in [0.15, 0.2) is 22.7 Å². The average molecular weight is 256 g/mol. The highest BCUT2D eigenvalue weighted by atomic mass is 79.9. The Bertz CT molecular complexity index is 263. The first-order chi connectivity index (χ1) is 6.75. The molecule has 1 nitrogen and oxygen atoms in total. The van der Waals surface area contributed by atoms with E-state index in [0.717, 1.165) is 16.6 Å². The molecular weight excluding hydrogens is 238 g/mol. The van der Waals surface area contributed by atoms with Crippen molar-refractivity contribution in [3.63, 3.8) is 0 Å². The Morgan fingerprint density at radius 1 is 1.21 bits per heavy atom. The van der Waals surface area contributed by atoms with Crippen LogP contribution in [0.1, 0.15) is 38.2 Å². The maximum Gasteiger partial charge on any atom is 0.0357 e. The summed E-state index contributed by atoms with van der Waals surface area (Å²) in [6, 6.07) is 6.01. The molecule has 0 aliphatic rings. The molecule has 1 rings (SSSR count). The van der Waals surface area contributed by atoms with E-state index in [-0.39, 0.29) is 0 Å². The molecule has 78 valence electrons. The largest absolute Gasteiger partial charge is 0.398 e. The van der Waals surface area contributed by atoms with E-state index in [1.165, 1.54) is 31.2 Å². The van der Waals surface area contributed by atoms with Gasteiger partial charge in [0, 0.05) is 10.2 Å². The third-order valence-corrected chi connectivity index (χ3v) is 3.18. The molecule has 0 saturated heterocycles. The summed E-state index contributed by atoms with van der Waals surface area (Å²) in [5.41, 5.74) is 8.09. The predicted molar refractivity (Wildman–Crippen MR) is 66.4 cm³/mol. The molecule has 0 radical (unpaired) electrons. The zero-order valence-electron chi connectivity index (χ0n) is 8.72. The summed E-state index contributed by atoms with van der Waals surface area (Å²) in [6.45, 7) is 2.23. The number of hydrogen-bond acceptors (Lipinski definition) is 1. The molecule has 0 amide bonds. The van der Waals surface area contributed by atoms with E-state index in [1.54, 1.807) is 0 Å². The second-order valence-corrected chi connectivity index (χ2v) is 4.47. The van der Waals surface area contributed by atoms with Gasteiger partial charge < -0.3 is 5.73 Å². The minimum absolute atomic E-state index is 0.913. The number of hydrogen-bond donors (Lipinski definition) is 1. The lowest BCUT2D eigenvalue weighted by atomic mass is 10.0. The molecule has 14 heavy (non-hydrogen) atoms. The summed E-state index contributed by atoms with van der Waals surface area (Å²) in [7, 11) is 0. The van der Waals surface area contributed by atoms with Gasteiger partial charge in [-0.3, -0.25) is 0 Å². The smallest absolute Gasteiger partial charge is 0.0357 e. The van der Waals surface area contributed by atoms with Crippen LogP contribution < -0.4 is 5.73 Å². The van der Waals surface area contributed by atoms with Gasteiger partial charge >= 0.3 is 0 Å². The molecule has 1 aromatic carbocycles. The standard InChI is InChI=1S/C12H18BrN/c1-2-3-4-5-7-10-11(13)8-6-9-12(10)14/h6,8-9H,2-5,7,14H2,1H3. The first kappa shape index (κ1) is 11.6. The van der Waals surface area contributed by atoms with Gasteiger partial charge in [-0.05, 0) is 30.5 Å². The molecule has 2 heteroatoms. The fourth-order valence-corrected chi connectivity index (χ4v) is 2.15. The van der Waals surface area contributed by atoms with Gasteiger partial charge in [-0.1, -0.05) is 48.2 Å². The van der Waals surface area contributed by atoms with Gasteiger partial charge in [0.2, 0.25) is 0 Å². The van der Waals surface area contributed by atoms with Crippen LogP contribution in [0.3, 0.4) is 0 Å². The minimum Gasteiger partial charge on any atom is -0.398 e. The molecule has 0 saturated carbocycles. The fourth-order valence-electron chi connectivity index (χ4n) is 1.57. The van der Waals surface area contributed by atoms with Crippen molar-refractivity contribution in [3.05, 3.63) is 28.2 Å². The Hall–Kier alpha value is -0.500. The topological polar surface area (TPSA) is 26.0 Å². The summed E-state index contributed by atoms with van der Waals surface area (Å²) in [6.07, 6.45) is 6.24. The first-order valence-electron chi connectivity index (χ1n) is 5.28. The van der Waals surface area contributed by atoms with Gasteiger partial charge in [-0.2, -0.15) is 0 Å². The lowest BCUT2D eigenvalue weighted by Crippen LogP contribution is -1.95. The highest BCUT2D eigenvalue weighted by Crippen LogP contribution is 2.24. The molecule has 0 fully saturated rings. The quantitative estimate of drug-likeness (QED) is 0.621. The fraction of sp³-hybridized carbons (Fsp3) is 0.500.